The van der Waals surface area contributed by atoms with E-state index >= 15 is 0 Å². The molecule has 0 aliphatic rings. The average molecular weight is 297 g/mol. The topological polar surface area (TPSA) is 95.9 Å². The monoisotopic (exact) mass is 297 g/mol. The summed E-state index contributed by atoms with van der Waals surface area (Å²) in [6.45, 7) is 5.09. The van der Waals surface area contributed by atoms with Crippen LogP contribution in [0.25, 0.3) is 0 Å². The molecule has 1 amide bonds. The second kappa shape index (κ2) is 7.52. The number of carbonyl (C=O) groups is 2. The molecule has 3 N–H and O–H groups in total. The Hall–Kier alpha value is -2.24. The number of phenols is 1. The number of aliphatic carboxylic acids is 1. The largest absolute Gasteiger partial charge is 0.508 e. The summed E-state index contributed by atoms with van der Waals surface area (Å²) in [4.78, 5) is 22.7. The van der Waals surface area contributed by atoms with Crippen LogP contribution < -0.4 is 5.32 Å². The van der Waals surface area contributed by atoms with Gasteiger partial charge in [0.25, 0.3) is 0 Å². The summed E-state index contributed by atoms with van der Waals surface area (Å²) in [6.07, 6.45) is -0.668. The van der Waals surface area contributed by atoms with Gasteiger partial charge < -0.3 is 20.3 Å². The third-order valence-electron chi connectivity index (χ3n) is 2.37. The number of alkyl carbamates (subject to hydrolysis) is 1. The van der Waals surface area contributed by atoms with Crippen molar-refractivity contribution in [3.8, 4) is 5.75 Å². The fraction of sp³-hybridized carbons (Fsp3) is 0.467. The number of aromatic hydroxyl groups is 1. The van der Waals surface area contributed by atoms with Gasteiger partial charge in [-0.05, 0) is 38.5 Å². The van der Waals surface area contributed by atoms with Crippen molar-refractivity contribution >= 4 is 12.1 Å². The molecular weight excluding hydrogens is 274 g/mol. The lowest BCUT2D eigenvalue weighted by Crippen LogP contribution is -2.44. The molecule has 0 saturated heterocycles. The Morgan fingerprint density at radius 3 is 2.19 bits per heavy atom. The molecule has 0 radical (unpaired) electrons. The van der Waals surface area contributed by atoms with Crippen molar-refractivity contribution < 1.29 is 24.5 Å². The van der Waals surface area contributed by atoms with Crippen molar-refractivity contribution in [3.05, 3.63) is 29.8 Å². The first-order valence-corrected chi connectivity index (χ1v) is 6.17. The molecule has 6 nitrogen and oxygen atoms in total. The van der Waals surface area contributed by atoms with Crippen LogP contribution in [-0.2, 0) is 16.0 Å². The van der Waals surface area contributed by atoms with Gasteiger partial charge in [-0.15, -0.1) is 0 Å². The van der Waals surface area contributed by atoms with Crippen molar-refractivity contribution in [1.29, 1.82) is 0 Å². The van der Waals surface area contributed by atoms with Crippen LogP contribution in [0.5, 0.6) is 5.75 Å². The number of carboxylic acids is 1. The Kier molecular flexibility index (Phi) is 6.72. The van der Waals surface area contributed by atoms with Crippen molar-refractivity contribution in [2.45, 2.75) is 46.3 Å². The first-order chi connectivity index (χ1) is 9.17. The van der Waals surface area contributed by atoms with Gasteiger partial charge in [-0.2, -0.15) is 0 Å². The quantitative estimate of drug-likeness (QED) is 0.793. The van der Waals surface area contributed by atoms with Gasteiger partial charge in [0.15, 0.2) is 0 Å². The molecule has 0 unspecified atom stereocenters. The van der Waals surface area contributed by atoms with E-state index in [1.165, 1.54) is 12.1 Å². The average Bonchev–Trinajstić information content (AvgIpc) is 2.28. The Bertz CT molecular complexity index is 476. The predicted molar refractivity (Wildman–Crippen MR) is 79.3 cm³/mol. The number of hydrogen-bond donors (Lipinski definition) is 3. The molecule has 0 spiro atoms. The number of nitrogens with one attached hydrogen (secondary N) is 1. The van der Waals surface area contributed by atoms with Gasteiger partial charge >= 0.3 is 12.1 Å². The Morgan fingerprint density at radius 2 is 1.76 bits per heavy atom. The molecule has 6 heteroatoms. The molecule has 21 heavy (non-hydrogen) atoms. The minimum atomic E-state index is -1.15. The molecule has 0 saturated carbocycles. The van der Waals surface area contributed by atoms with E-state index in [9.17, 15) is 9.59 Å². The number of rotatable bonds is 4. The summed E-state index contributed by atoms with van der Waals surface area (Å²) in [7, 11) is 0. The van der Waals surface area contributed by atoms with E-state index in [0.717, 1.165) is 0 Å². The number of carbonyl (C=O) groups excluding carboxylic acids is 1. The third kappa shape index (κ3) is 7.20. The van der Waals surface area contributed by atoms with Crippen LogP contribution in [0.2, 0.25) is 0 Å². The van der Waals surface area contributed by atoms with Gasteiger partial charge in [0, 0.05) is 6.42 Å². The maximum absolute atomic E-state index is 11.6. The molecule has 0 aliphatic carbocycles. The Morgan fingerprint density at radius 1 is 1.24 bits per heavy atom. The molecule has 1 rings (SSSR count). The molecular formula is C15H23NO5. The molecule has 118 valence electrons. The molecule has 1 atom stereocenters. The van der Waals surface area contributed by atoms with Crippen LogP contribution in [0.4, 0.5) is 4.79 Å². The van der Waals surface area contributed by atoms with E-state index in [1.54, 1.807) is 32.9 Å². The van der Waals surface area contributed by atoms with Crippen LogP contribution in [-0.4, -0.2) is 33.9 Å². The zero-order valence-electron chi connectivity index (χ0n) is 11.7. The first kappa shape index (κ1) is 18.8. The highest BCUT2D eigenvalue weighted by Gasteiger charge is 2.24. The van der Waals surface area contributed by atoms with Gasteiger partial charge in [-0.3, -0.25) is 0 Å². The SMILES string of the molecule is C.CC(C)(C)OC(=O)N[C@H](Cc1ccc(O)cc1)C(=O)O. The van der Waals surface area contributed by atoms with E-state index in [2.05, 4.69) is 5.32 Å². The summed E-state index contributed by atoms with van der Waals surface area (Å²) in [5.41, 5.74) is -0.00247. The van der Waals surface area contributed by atoms with Crippen molar-refractivity contribution in [3.63, 3.8) is 0 Å². The van der Waals surface area contributed by atoms with E-state index < -0.39 is 23.7 Å². The normalized spacial score (nSPS) is 12.0. The van der Waals surface area contributed by atoms with Crippen LogP contribution in [0.3, 0.4) is 0 Å². The summed E-state index contributed by atoms with van der Waals surface area (Å²) in [5.74, 6) is -1.05. The molecule has 0 bridgehead atoms. The third-order valence-corrected chi connectivity index (χ3v) is 2.37. The fourth-order valence-electron chi connectivity index (χ4n) is 1.52. The first-order valence-electron chi connectivity index (χ1n) is 6.17. The number of benzene rings is 1. The molecule has 1 aromatic rings. The highest BCUT2D eigenvalue weighted by molar-refractivity contribution is 5.80. The van der Waals surface area contributed by atoms with Gasteiger partial charge in [0.05, 0.1) is 0 Å². The highest BCUT2D eigenvalue weighted by Crippen LogP contribution is 2.12. The van der Waals surface area contributed by atoms with E-state index in [1.807, 2.05) is 0 Å². The van der Waals surface area contributed by atoms with Gasteiger partial charge in [-0.25, -0.2) is 9.59 Å². The molecule has 0 fully saturated rings. The lowest BCUT2D eigenvalue weighted by Gasteiger charge is -2.22. The standard InChI is InChI=1S/C14H19NO5.CH4/c1-14(2,3)20-13(19)15-11(12(17)18)8-9-4-6-10(16)7-5-9;/h4-7,11,16H,8H2,1-3H3,(H,15,19)(H,17,18);1H4/t11-;/m1./s1. The second-order valence-electron chi connectivity index (χ2n) is 5.41. The number of ether oxygens (including phenoxy) is 1. The predicted octanol–water partition coefficient (Wildman–Crippen LogP) is 2.55. The Balaban J connectivity index is 0.00000400. The number of carboxylic acid groups (broad SMARTS) is 1. The minimum Gasteiger partial charge on any atom is -0.508 e. The number of phenolic OH excluding ortho intramolecular Hbond substituents is 1. The summed E-state index contributed by atoms with van der Waals surface area (Å²) in [5, 5.41) is 20.6. The maximum Gasteiger partial charge on any atom is 0.408 e. The zero-order chi connectivity index (χ0) is 15.3. The zero-order valence-corrected chi connectivity index (χ0v) is 11.7. The Labute approximate surface area is 124 Å². The van der Waals surface area contributed by atoms with Gasteiger partial charge in [-0.1, -0.05) is 19.6 Å². The van der Waals surface area contributed by atoms with Crippen molar-refractivity contribution in [2.75, 3.05) is 0 Å². The molecule has 0 aromatic heterocycles. The highest BCUT2D eigenvalue weighted by atomic mass is 16.6. The smallest absolute Gasteiger partial charge is 0.408 e. The van der Waals surface area contributed by atoms with E-state index in [0.29, 0.717) is 5.56 Å². The van der Waals surface area contributed by atoms with Crippen LogP contribution in [0.15, 0.2) is 24.3 Å². The maximum atomic E-state index is 11.6. The second-order valence-corrected chi connectivity index (χ2v) is 5.41. The van der Waals surface area contributed by atoms with Crippen LogP contribution in [0.1, 0.15) is 33.8 Å². The van der Waals surface area contributed by atoms with Gasteiger partial charge in [0.2, 0.25) is 0 Å². The fourth-order valence-corrected chi connectivity index (χ4v) is 1.52. The number of amides is 1. The van der Waals surface area contributed by atoms with E-state index in [-0.39, 0.29) is 19.6 Å². The van der Waals surface area contributed by atoms with Gasteiger partial charge in [0.1, 0.15) is 17.4 Å². The minimum absolute atomic E-state index is 0. The molecule has 0 heterocycles. The summed E-state index contributed by atoms with van der Waals surface area (Å²) in [6, 6.07) is 5.03. The summed E-state index contributed by atoms with van der Waals surface area (Å²) < 4.78 is 5.02. The number of hydrogen-bond acceptors (Lipinski definition) is 4. The lowest BCUT2D eigenvalue weighted by molar-refractivity contribution is -0.139. The lowest BCUT2D eigenvalue weighted by atomic mass is 10.1. The summed E-state index contributed by atoms with van der Waals surface area (Å²) >= 11 is 0. The van der Waals surface area contributed by atoms with Crippen LogP contribution in [0, 0.1) is 0 Å². The van der Waals surface area contributed by atoms with E-state index in [4.69, 9.17) is 14.9 Å². The van der Waals surface area contributed by atoms with Crippen molar-refractivity contribution in [2.24, 2.45) is 0 Å². The van der Waals surface area contributed by atoms with Crippen LogP contribution >= 0.6 is 0 Å². The van der Waals surface area contributed by atoms with Crippen molar-refractivity contribution in [1.82, 2.24) is 5.32 Å². The molecule has 0 aliphatic heterocycles. The molecule has 1 aromatic carbocycles.